The van der Waals surface area contributed by atoms with E-state index in [9.17, 15) is 0 Å². The number of hydrogen-bond donors (Lipinski definition) is 0. The molecular weight excluding hydrogens is 307 g/mol. The van der Waals surface area contributed by atoms with Gasteiger partial charge in [0.25, 0.3) is 0 Å². The molecular formula is C15H29I. The fourth-order valence-electron chi connectivity index (χ4n) is 1.95. The third-order valence-corrected chi connectivity index (χ3v) is 3.63. The van der Waals surface area contributed by atoms with E-state index in [2.05, 4.69) is 36.1 Å². The minimum absolute atomic E-state index is 0.863. The van der Waals surface area contributed by atoms with Crippen LogP contribution in [0.2, 0.25) is 0 Å². The smallest absolute Gasteiger partial charge is 0.00813 e. The number of rotatable bonds is 12. The zero-order valence-corrected chi connectivity index (χ0v) is 13.2. The van der Waals surface area contributed by atoms with E-state index in [-0.39, 0.29) is 0 Å². The van der Waals surface area contributed by atoms with Crippen molar-refractivity contribution in [2.75, 3.05) is 0 Å². The highest BCUT2D eigenvalue weighted by Gasteiger charge is 1.95. The summed E-state index contributed by atoms with van der Waals surface area (Å²) in [5.74, 6) is 0. The topological polar surface area (TPSA) is 0 Å². The first-order valence-corrected chi connectivity index (χ1v) is 8.27. The quantitative estimate of drug-likeness (QED) is 0.170. The molecule has 0 aromatic carbocycles. The molecule has 0 radical (unpaired) electrons. The van der Waals surface area contributed by atoms with Crippen LogP contribution in [-0.4, -0.2) is 3.92 Å². The first-order valence-electron chi connectivity index (χ1n) is 7.02. The van der Waals surface area contributed by atoms with Crippen LogP contribution >= 0.6 is 22.6 Å². The highest BCUT2D eigenvalue weighted by Crippen LogP contribution is 2.14. The molecule has 0 aliphatic carbocycles. The maximum absolute atomic E-state index is 3.75. The van der Waals surface area contributed by atoms with Gasteiger partial charge >= 0.3 is 0 Å². The molecule has 0 rings (SSSR count). The van der Waals surface area contributed by atoms with Gasteiger partial charge in [0.05, 0.1) is 0 Å². The average molecular weight is 336 g/mol. The fraction of sp³-hybridized carbons (Fsp3) is 0.867. The lowest BCUT2D eigenvalue weighted by Gasteiger charge is -2.03. The molecule has 16 heavy (non-hydrogen) atoms. The molecule has 0 nitrogen and oxygen atoms in total. The van der Waals surface area contributed by atoms with Crippen LogP contribution in [-0.2, 0) is 0 Å². The molecule has 0 bridgehead atoms. The average Bonchev–Trinajstić information content (AvgIpc) is 2.25. The molecule has 1 heteroatoms. The van der Waals surface area contributed by atoms with Crippen molar-refractivity contribution in [1.82, 2.24) is 0 Å². The van der Waals surface area contributed by atoms with E-state index < -0.39 is 0 Å². The van der Waals surface area contributed by atoms with Gasteiger partial charge in [-0.15, -0.1) is 6.58 Å². The van der Waals surface area contributed by atoms with E-state index in [1.54, 1.807) is 0 Å². The molecule has 0 N–H and O–H groups in total. The zero-order chi connectivity index (χ0) is 12.1. The molecule has 0 spiro atoms. The third kappa shape index (κ3) is 14.5. The van der Waals surface area contributed by atoms with Crippen molar-refractivity contribution >= 4 is 22.6 Å². The van der Waals surface area contributed by atoms with E-state index in [0.29, 0.717) is 0 Å². The van der Waals surface area contributed by atoms with Gasteiger partial charge in [-0.05, 0) is 19.3 Å². The molecule has 0 aliphatic heterocycles. The number of unbranched alkanes of at least 4 members (excludes halogenated alkanes) is 9. The molecule has 0 amide bonds. The molecule has 0 saturated heterocycles. The third-order valence-electron chi connectivity index (χ3n) is 3.01. The van der Waals surface area contributed by atoms with Gasteiger partial charge in [0.2, 0.25) is 0 Å². The standard InChI is InChI=1S/C15H29I/c1-3-4-5-6-7-8-9-10-11-12-13-14-15(2)16/h3,15H,1,4-14H2,2H3. The Bertz CT molecular complexity index is 140. The van der Waals surface area contributed by atoms with E-state index in [0.717, 1.165) is 3.92 Å². The van der Waals surface area contributed by atoms with Gasteiger partial charge in [-0.1, -0.05) is 87.0 Å². The summed E-state index contributed by atoms with van der Waals surface area (Å²) in [5.41, 5.74) is 0. The van der Waals surface area contributed by atoms with Crippen molar-refractivity contribution < 1.29 is 0 Å². The predicted molar refractivity (Wildman–Crippen MR) is 84.5 cm³/mol. The van der Waals surface area contributed by atoms with E-state index in [1.807, 2.05) is 6.08 Å². The Kier molecular flexibility index (Phi) is 13.9. The van der Waals surface area contributed by atoms with Gasteiger partial charge in [-0.25, -0.2) is 0 Å². The Morgan fingerprint density at radius 3 is 1.75 bits per heavy atom. The van der Waals surface area contributed by atoms with Crippen molar-refractivity contribution in [3.8, 4) is 0 Å². The first kappa shape index (κ1) is 16.5. The number of hydrogen-bond acceptors (Lipinski definition) is 0. The SMILES string of the molecule is C=CCCCCCCCCCCCC(C)I. The molecule has 0 heterocycles. The minimum Gasteiger partial charge on any atom is -0.103 e. The van der Waals surface area contributed by atoms with Gasteiger partial charge < -0.3 is 0 Å². The van der Waals surface area contributed by atoms with Gasteiger partial charge in [0.1, 0.15) is 0 Å². The molecule has 0 aliphatic rings. The van der Waals surface area contributed by atoms with Crippen LogP contribution in [0.5, 0.6) is 0 Å². The fourth-order valence-corrected chi connectivity index (χ4v) is 2.39. The van der Waals surface area contributed by atoms with Crippen LogP contribution < -0.4 is 0 Å². The lowest BCUT2D eigenvalue weighted by Crippen LogP contribution is -1.89. The van der Waals surface area contributed by atoms with Crippen molar-refractivity contribution in [3.05, 3.63) is 12.7 Å². The normalized spacial score (nSPS) is 12.6. The summed E-state index contributed by atoms with van der Waals surface area (Å²) in [6.45, 7) is 6.06. The van der Waals surface area contributed by atoms with Crippen LogP contribution in [0.3, 0.4) is 0 Å². The van der Waals surface area contributed by atoms with Crippen LogP contribution in [0.15, 0.2) is 12.7 Å². The van der Waals surface area contributed by atoms with Crippen molar-refractivity contribution in [1.29, 1.82) is 0 Å². The van der Waals surface area contributed by atoms with Crippen LogP contribution in [0.4, 0.5) is 0 Å². The number of allylic oxidation sites excluding steroid dienone is 1. The van der Waals surface area contributed by atoms with E-state index in [1.165, 1.54) is 70.6 Å². The van der Waals surface area contributed by atoms with Crippen molar-refractivity contribution in [3.63, 3.8) is 0 Å². The molecule has 0 saturated carbocycles. The van der Waals surface area contributed by atoms with Gasteiger partial charge in [0.15, 0.2) is 0 Å². The summed E-state index contributed by atoms with van der Waals surface area (Å²) in [6.07, 6.45) is 17.5. The highest BCUT2D eigenvalue weighted by molar-refractivity contribution is 14.1. The summed E-state index contributed by atoms with van der Waals surface area (Å²) in [4.78, 5) is 0. The zero-order valence-electron chi connectivity index (χ0n) is 11.0. The molecule has 0 aromatic rings. The highest BCUT2D eigenvalue weighted by atomic mass is 127. The Balaban J connectivity index is 2.90. The summed E-state index contributed by atoms with van der Waals surface area (Å²) in [7, 11) is 0. The monoisotopic (exact) mass is 336 g/mol. The van der Waals surface area contributed by atoms with Gasteiger partial charge in [-0.2, -0.15) is 0 Å². The maximum Gasteiger partial charge on any atom is 0.00813 e. The van der Waals surface area contributed by atoms with Gasteiger partial charge in [0, 0.05) is 3.92 Å². The first-order chi connectivity index (χ1) is 7.77. The summed E-state index contributed by atoms with van der Waals surface area (Å²) >= 11 is 2.53. The second-order valence-electron chi connectivity index (χ2n) is 4.83. The predicted octanol–water partition coefficient (Wildman–Crippen LogP) is 6.29. The maximum atomic E-state index is 3.75. The lowest BCUT2D eigenvalue weighted by atomic mass is 10.1. The van der Waals surface area contributed by atoms with Crippen LogP contribution in [0.25, 0.3) is 0 Å². The molecule has 96 valence electrons. The summed E-state index contributed by atoms with van der Waals surface area (Å²) < 4.78 is 0.863. The molecule has 1 unspecified atom stereocenters. The van der Waals surface area contributed by atoms with E-state index in [4.69, 9.17) is 0 Å². The minimum atomic E-state index is 0.863. The largest absolute Gasteiger partial charge is 0.103 e. The Morgan fingerprint density at radius 2 is 1.31 bits per heavy atom. The Hall–Kier alpha value is 0.470. The van der Waals surface area contributed by atoms with Crippen molar-refractivity contribution in [2.45, 2.75) is 81.5 Å². The Morgan fingerprint density at radius 1 is 0.875 bits per heavy atom. The molecule has 0 aromatic heterocycles. The second-order valence-corrected chi connectivity index (χ2v) is 6.96. The lowest BCUT2D eigenvalue weighted by molar-refractivity contribution is 0.553. The Labute approximate surface area is 116 Å². The van der Waals surface area contributed by atoms with E-state index >= 15 is 0 Å². The number of halogens is 1. The van der Waals surface area contributed by atoms with Crippen LogP contribution in [0, 0.1) is 0 Å². The number of alkyl halides is 1. The van der Waals surface area contributed by atoms with Crippen LogP contribution in [0.1, 0.15) is 77.6 Å². The molecule has 1 atom stereocenters. The molecule has 0 fully saturated rings. The second kappa shape index (κ2) is 13.5. The summed E-state index contributed by atoms with van der Waals surface area (Å²) in [5, 5.41) is 0. The van der Waals surface area contributed by atoms with Gasteiger partial charge in [-0.3, -0.25) is 0 Å². The van der Waals surface area contributed by atoms with Crippen molar-refractivity contribution in [2.24, 2.45) is 0 Å². The summed E-state index contributed by atoms with van der Waals surface area (Å²) in [6, 6.07) is 0.